The molecule has 2 N–H and O–H groups in total. The third-order valence-corrected chi connectivity index (χ3v) is 4.27. The highest BCUT2D eigenvalue weighted by atomic mass is 16.4. The van der Waals surface area contributed by atoms with Crippen molar-refractivity contribution in [2.24, 2.45) is 5.16 Å². The highest BCUT2D eigenvalue weighted by Crippen LogP contribution is 2.30. The van der Waals surface area contributed by atoms with Gasteiger partial charge in [-0.15, -0.1) is 0 Å². The van der Waals surface area contributed by atoms with Crippen molar-refractivity contribution in [1.82, 2.24) is 4.98 Å². The number of rotatable bonds is 6. The Bertz CT molecular complexity index is 909. The van der Waals surface area contributed by atoms with E-state index >= 15 is 0 Å². The summed E-state index contributed by atoms with van der Waals surface area (Å²) in [4.78, 5) is 15.3. The highest BCUT2D eigenvalue weighted by molar-refractivity contribution is 6.00. The van der Waals surface area contributed by atoms with Crippen LogP contribution in [0, 0.1) is 0 Å². The standard InChI is InChI=1S/C21H18N2O3/c24-21(25)18-8-4-7-17(13-18)19(15-5-2-1-3-6-15)14-20(23-26)16-9-11-22-12-10-16/h1-13,19,26H,14H2,(H,24,25)/b23-20+. The zero-order chi connectivity index (χ0) is 18.4. The molecule has 0 fully saturated rings. The second-order valence-electron chi connectivity index (χ2n) is 5.88. The Balaban J connectivity index is 2.02. The number of aromatic carboxylic acids is 1. The zero-order valence-electron chi connectivity index (χ0n) is 14.0. The minimum absolute atomic E-state index is 0.144. The van der Waals surface area contributed by atoms with Crippen LogP contribution in [0.5, 0.6) is 0 Å². The second kappa shape index (κ2) is 8.07. The predicted octanol–water partition coefficient (Wildman–Crippen LogP) is 4.18. The molecular formula is C21H18N2O3. The minimum atomic E-state index is -0.969. The van der Waals surface area contributed by atoms with E-state index in [1.165, 1.54) is 0 Å². The number of nitrogens with zero attached hydrogens (tertiary/aromatic N) is 2. The fourth-order valence-electron chi connectivity index (χ4n) is 2.96. The van der Waals surface area contributed by atoms with Crippen molar-refractivity contribution in [1.29, 1.82) is 0 Å². The molecule has 0 saturated heterocycles. The molecule has 0 bridgehead atoms. The summed E-state index contributed by atoms with van der Waals surface area (Å²) in [6.07, 6.45) is 3.71. The number of aromatic nitrogens is 1. The summed E-state index contributed by atoms with van der Waals surface area (Å²) in [7, 11) is 0. The minimum Gasteiger partial charge on any atom is -0.478 e. The van der Waals surface area contributed by atoms with E-state index in [1.54, 1.807) is 42.7 Å². The van der Waals surface area contributed by atoms with Crippen LogP contribution in [-0.4, -0.2) is 27.0 Å². The number of carbonyl (C=O) groups is 1. The van der Waals surface area contributed by atoms with Gasteiger partial charge in [0, 0.05) is 30.3 Å². The van der Waals surface area contributed by atoms with Gasteiger partial charge in [-0.05, 0) is 35.4 Å². The fourth-order valence-corrected chi connectivity index (χ4v) is 2.96. The number of carboxylic acids is 1. The van der Waals surface area contributed by atoms with Crippen LogP contribution in [0.1, 0.15) is 39.4 Å². The lowest BCUT2D eigenvalue weighted by atomic mass is 9.85. The summed E-state index contributed by atoms with van der Waals surface area (Å²) in [5.41, 5.74) is 3.39. The topological polar surface area (TPSA) is 82.8 Å². The Labute approximate surface area is 151 Å². The van der Waals surface area contributed by atoms with Gasteiger partial charge in [-0.25, -0.2) is 4.79 Å². The summed E-state index contributed by atoms with van der Waals surface area (Å²) in [6, 6.07) is 20.2. The third-order valence-electron chi connectivity index (χ3n) is 4.27. The first kappa shape index (κ1) is 17.4. The Morgan fingerprint density at radius 1 is 0.923 bits per heavy atom. The number of carboxylic acid groups (broad SMARTS) is 1. The Kier molecular flexibility index (Phi) is 5.39. The predicted molar refractivity (Wildman–Crippen MR) is 98.9 cm³/mol. The molecule has 0 aliphatic rings. The van der Waals surface area contributed by atoms with E-state index < -0.39 is 5.97 Å². The SMILES string of the molecule is O=C(O)c1cccc(C(C/C(=N\O)c2ccncc2)c2ccccc2)c1. The molecule has 2 aromatic carbocycles. The van der Waals surface area contributed by atoms with Crippen molar-refractivity contribution in [3.63, 3.8) is 0 Å². The first-order valence-electron chi connectivity index (χ1n) is 8.18. The van der Waals surface area contributed by atoms with E-state index in [9.17, 15) is 15.1 Å². The van der Waals surface area contributed by atoms with Crippen LogP contribution in [0.2, 0.25) is 0 Å². The van der Waals surface area contributed by atoms with E-state index in [2.05, 4.69) is 10.1 Å². The molecule has 0 spiro atoms. The molecular weight excluding hydrogens is 328 g/mol. The molecule has 5 nitrogen and oxygen atoms in total. The smallest absolute Gasteiger partial charge is 0.335 e. The average Bonchev–Trinajstić information content (AvgIpc) is 2.70. The molecule has 130 valence electrons. The Hall–Kier alpha value is -3.47. The van der Waals surface area contributed by atoms with Gasteiger partial charge in [0.05, 0.1) is 11.3 Å². The van der Waals surface area contributed by atoms with Crippen LogP contribution >= 0.6 is 0 Å². The number of oxime groups is 1. The Morgan fingerprint density at radius 3 is 2.27 bits per heavy atom. The van der Waals surface area contributed by atoms with Gasteiger partial charge >= 0.3 is 5.97 Å². The number of hydrogen-bond acceptors (Lipinski definition) is 4. The quantitative estimate of drug-likeness (QED) is 0.398. The van der Waals surface area contributed by atoms with Crippen molar-refractivity contribution >= 4 is 11.7 Å². The first-order chi connectivity index (χ1) is 12.7. The lowest BCUT2D eigenvalue weighted by Gasteiger charge is -2.19. The summed E-state index contributed by atoms with van der Waals surface area (Å²) in [5.74, 6) is -1.11. The van der Waals surface area contributed by atoms with Gasteiger partial charge in [-0.3, -0.25) is 4.98 Å². The molecule has 0 saturated carbocycles. The van der Waals surface area contributed by atoms with Crippen LogP contribution < -0.4 is 0 Å². The molecule has 3 aromatic rings. The molecule has 1 unspecified atom stereocenters. The van der Waals surface area contributed by atoms with Crippen LogP contribution in [0.4, 0.5) is 0 Å². The monoisotopic (exact) mass is 346 g/mol. The zero-order valence-corrected chi connectivity index (χ0v) is 14.0. The summed E-state index contributed by atoms with van der Waals surface area (Å²) in [6.45, 7) is 0. The van der Waals surface area contributed by atoms with Crippen molar-refractivity contribution in [2.45, 2.75) is 12.3 Å². The van der Waals surface area contributed by atoms with Gasteiger partial charge in [0.15, 0.2) is 0 Å². The summed E-state index contributed by atoms with van der Waals surface area (Å²) >= 11 is 0. The number of pyridine rings is 1. The van der Waals surface area contributed by atoms with Crippen LogP contribution in [0.15, 0.2) is 84.3 Å². The average molecular weight is 346 g/mol. The number of hydrogen-bond donors (Lipinski definition) is 2. The van der Waals surface area contributed by atoms with E-state index in [1.807, 2.05) is 36.4 Å². The highest BCUT2D eigenvalue weighted by Gasteiger charge is 2.19. The molecule has 1 atom stereocenters. The van der Waals surface area contributed by atoms with E-state index in [4.69, 9.17) is 0 Å². The van der Waals surface area contributed by atoms with Crippen molar-refractivity contribution < 1.29 is 15.1 Å². The molecule has 0 amide bonds. The molecule has 0 aliphatic heterocycles. The van der Waals surface area contributed by atoms with Crippen LogP contribution in [0.3, 0.4) is 0 Å². The first-order valence-corrected chi connectivity index (χ1v) is 8.18. The van der Waals surface area contributed by atoms with Gasteiger partial charge in [0.2, 0.25) is 0 Å². The molecule has 3 rings (SSSR count). The van der Waals surface area contributed by atoms with Crippen molar-refractivity contribution in [2.75, 3.05) is 0 Å². The van der Waals surface area contributed by atoms with Gasteiger partial charge in [0.25, 0.3) is 0 Å². The molecule has 0 radical (unpaired) electrons. The van der Waals surface area contributed by atoms with E-state index in [0.717, 1.165) is 16.7 Å². The summed E-state index contributed by atoms with van der Waals surface area (Å²) < 4.78 is 0. The van der Waals surface area contributed by atoms with E-state index in [0.29, 0.717) is 12.1 Å². The van der Waals surface area contributed by atoms with Crippen molar-refractivity contribution in [3.05, 3.63) is 101 Å². The van der Waals surface area contributed by atoms with Gasteiger partial charge in [-0.2, -0.15) is 0 Å². The molecule has 0 aliphatic carbocycles. The molecule has 1 heterocycles. The normalized spacial score (nSPS) is 12.5. The summed E-state index contributed by atoms with van der Waals surface area (Å²) in [5, 5.41) is 22.3. The maximum atomic E-state index is 11.3. The number of benzene rings is 2. The molecule has 5 heteroatoms. The maximum absolute atomic E-state index is 11.3. The van der Waals surface area contributed by atoms with Gasteiger partial charge < -0.3 is 10.3 Å². The van der Waals surface area contributed by atoms with Crippen LogP contribution in [-0.2, 0) is 0 Å². The van der Waals surface area contributed by atoms with E-state index in [-0.39, 0.29) is 11.5 Å². The van der Waals surface area contributed by atoms with Crippen molar-refractivity contribution in [3.8, 4) is 0 Å². The second-order valence-corrected chi connectivity index (χ2v) is 5.88. The lowest BCUT2D eigenvalue weighted by molar-refractivity contribution is 0.0696. The van der Waals surface area contributed by atoms with Gasteiger partial charge in [0.1, 0.15) is 0 Å². The maximum Gasteiger partial charge on any atom is 0.335 e. The lowest BCUT2D eigenvalue weighted by Crippen LogP contribution is -2.11. The fraction of sp³-hybridized carbons (Fsp3) is 0.0952. The third kappa shape index (κ3) is 3.95. The molecule has 1 aromatic heterocycles. The molecule has 26 heavy (non-hydrogen) atoms. The Morgan fingerprint density at radius 2 is 1.62 bits per heavy atom. The van der Waals surface area contributed by atoms with Crippen LogP contribution in [0.25, 0.3) is 0 Å². The largest absolute Gasteiger partial charge is 0.478 e. The van der Waals surface area contributed by atoms with Gasteiger partial charge in [-0.1, -0.05) is 47.6 Å².